The summed E-state index contributed by atoms with van der Waals surface area (Å²) >= 11 is 0. The minimum Gasteiger partial charge on any atom is -0.391 e. The van der Waals surface area contributed by atoms with Crippen molar-refractivity contribution in [2.45, 2.75) is 51.0 Å². The molecule has 1 unspecified atom stereocenters. The van der Waals surface area contributed by atoms with Crippen LogP contribution in [0, 0.1) is 5.92 Å². The Morgan fingerprint density at radius 1 is 1.33 bits per heavy atom. The zero-order valence-corrected chi connectivity index (χ0v) is 12.1. The zero-order chi connectivity index (χ0) is 12.5. The molecule has 1 aliphatic rings. The van der Waals surface area contributed by atoms with E-state index in [-0.39, 0.29) is 24.4 Å². The third-order valence-corrected chi connectivity index (χ3v) is 3.53. The minimum absolute atomic E-state index is 0. The fourth-order valence-electron chi connectivity index (χ4n) is 2.42. The third-order valence-electron chi connectivity index (χ3n) is 3.53. The van der Waals surface area contributed by atoms with Gasteiger partial charge in [0.05, 0.1) is 6.10 Å². The monoisotopic (exact) mass is 278 g/mol. The van der Waals surface area contributed by atoms with Crippen LogP contribution >= 0.6 is 12.4 Å². The van der Waals surface area contributed by atoms with Gasteiger partial charge in [-0.15, -0.1) is 12.4 Å². The third kappa shape index (κ3) is 7.19. The Balaban J connectivity index is 0.00000289. The van der Waals surface area contributed by atoms with E-state index in [0.717, 1.165) is 25.8 Å². The Kier molecular flexibility index (Phi) is 10.4. The summed E-state index contributed by atoms with van der Waals surface area (Å²) in [6, 6.07) is 0. The normalized spacial score (nSPS) is 17.9. The Hall–Kier alpha value is -0.320. The van der Waals surface area contributed by atoms with E-state index in [1.807, 2.05) is 7.05 Å². The van der Waals surface area contributed by atoms with E-state index in [4.69, 9.17) is 0 Å². The first-order chi connectivity index (χ1) is 8.24. The quantitative estimate of drug-likeness (QED) is 0.618. The molecule has 0 bridgehead atoms. The van der Waals surface area contributed by atoms with E-state index in [1.165, 1.54) is 19.3 Å². The van der Waals surface area contributed by atoms with E-state index in [1.54, 1.807) is 0 Å². The van der Waals surface area contributed by atoms with Crippen LogP contribution in [-0.4, -0.2) is 37.3 Å². The van der Waals surface area contributed by atoms with E-state index in [9.17, 15) is 9.90 Å². The van der Waals surface area contributed by atoms with Crippen LogP contribution in [0.5, 0.6) is 0 Å². The van der Waals surface area contributed by atoms with Crippen molar-refractivity contribution in [3.63, 3.8) is 0 Å². The van der Waals surface area contributed by atoms with E-state index in [2.05, 4.69) is 10.6 Å². The largest absolute Gasteiger partial charge is 0.391 e. The molecule has 0 aromatic carbocycles. The van der Waals surface area contributed by atoms with Gasteiger partial charge in [-0.2, -0.15) is 0 Å². The Morgan fingerprint density at radius 3 is 2.61 bits per heavy atom. The highest BCUT2D eigenvalue weighted by molar-refractivity contribution is 5.85. The van der Waals surface area contributed by atoms with Crippen LogP contribution in [0.25, 0.3) is 0 Å². The first kappa shape index (κ1) is 17.7. The second kappa shape index (κ2) is 10.6. The van der Waals surface area contributed by atoms with Crippen molar-refractivity contribution < 1.29 is 9.90 Å². The van der Waals surface area contributed by atoms with Crippen molar-refractivity contribution in [1.29, 1.82) is 0 Å². The molecule has 1 atom stereocenters. The molecule has 0 radical (unpaired) electrons. The van der Waals surface area contributed by atoms with E-state index < -0.39 is 0 Å². The Bertz CT molecular complexity index is 221. The molecule has 1 aliphatic carbocycles. The highest BCUT2D eigenvalue weighted by Gasteiger charge is 2.21. The smallest absolute Gasteiger partial charge is 0.220 e. The molecule has 5 heteroatoms. The number of amides is 1. The molecule has 1 rings (SSSR count). The molecule has 3 N–H and O–H groups in total. The van der Waals surface area contributed by atoms with Crippen LogP contribution in [0.1, 0.15) is 44.9 Å². The highest BCUT2D eigenvalue weighted by Crippen LogP contribution is 2.26. The van der Waals surface area contributed by atoms with E-state index >= 15 is 0 Å². The van der Waals surface area contributed by atoms with Crippen LogP contribution < -0.4 is 10.6 Å². The second-order valence-corrected chi connectivity index (χ2v) is 4.98. The molecule has 1 saturated carbocycles. The van der Waals surface area contributed by atoms with Crippen molar-refractivity contribution in [1.82, 2.24) is 10.6 Å². The van der Waals surface area contributed by atoms with Gasteiger partial charge in [0.1, 0.15) is 0 Å². The highest BCUT2D eigenvalue weighted by atomic mass is 35.5. The van der Waals surface area contributed by atoms with Crippen LogP contribution in [-0.2, 0) is 4.79 Å². The number of aliphatic hydroxyl groups excluding tert-OH is 1. The molecule has 0 saturated heterocycles. The van der Waals surface area contributed by atoms with Crippen LogP contribution in [0.4, 0.5) is 0 Å². The lowest BCUT2D eigenvalue weighted by Gasteiger charge is -2.26. The number of hydrogen-bond donors (Lipinski definition) is 3. The average molecular weight is 279 g/mol. The molecule has 18 heavy (non-hydrogen) atoms. The molecular weight excluding hydrogens is 252 g/mol. The first-order valence-electron chi connectivity index (χ1n) is 6.83. The average Bonchev–Trinajstić information content (AvgIpc) is 2.37. The molecule has 0 aromatic rings. The van der Waals surface area contributed by atoms with Crippen molar-refractivity contribution in [2.24, 2.45) is 5.92 Å². The number of aliphatic hydroxyl groups is 1. The van der Waals surface area contributed by atoms with Crippen LogP contribution in [0.2, 0.25) is 0 Å². The van der Waals surface area contributed by atoms with Crippen molar-refractivity contribution in [2.75, 3.05) is 20.1 Å². The first-order valence-corrected chi connectivity index (χ1v) is 6.83. The summed E-state index contributed by atoms with van der Waals surface area (Å²) in [5.74, 6) is 0.441. The predicted molar refractivity (Wildman–Crippen MR) is 76.0 cm³/mol. The molecule has 0 aromatic heterocycles. The summed E-state index contributed by atoms with van der Waals surface area (Å²) in [5.41, 5.74) is 0. The van der Waals surface area contributed by atoms with Gasteiger partial charge in [0.15, 0.2) is 0 Å². The van der Waals surface area contributed by atoms with Gasteiger partial charge >= 0.3 is 0 Å². The van der Waals surface area contributed by atoms with Gasteiger partial charge in [-0.3, -0.25) is 4.79 Å². The lowest BCUT2D eigenvalue weighted by atomic mass is 9.85. The second-order valence-electron chi connectivity index (χ2n) is 4.98. The Morgan fingerprint density at radius 2 is 2.00 bits per heavy atom. The number of rotatable bonds is 7. The van der Waals surface area contributed by atoms with Crippen LogP contribution in [0.15, 0.2) is 0 Å². The van der Waals surface area contributed by atoms with Crippen molar-refractivity contribution in [3.05, 3.63) is 0 Å². The maximum atomic E-state index is 11.5. The molecule has 1 amide bonds. The van der Waals surface area contributed by atoms with Gasteiger partial charge in [-0.05, 0) is 38.8 Å². The molecule has 0 spiro atoms. The number of carbonyl (C=O) groups is 1. The number of hydrogen-bond acceptors (Lipinski definition) is 3. The lowest BCUT2D eigenvalue weighted by Crippen LogP contribution is -2.37. The maximum Gasteiger partial charge on any atom is 0.220 e. The van der Waals surface area contributed by atoms with E-state index in [0.29, 0.717) is 18.9 Å². The maximum absolute atomic E-state index is 11.5. The molecular formula is C13H27ClN2O2. The van der Waals surface area contributed by atoms with Gasteiger partial charge in [-0.1, -0.05) is 19.3 Å². The number of halogens is 1. The fraction of sp³-hybridized carbons (Fsp3) is 0.923. The summed E-state index contributed by atoms with van der Waals surface area (Å²) in [4.78, 5) is 11.5. The van der Waals surface area contributed by atoms with Gasteiger partial charge in [0, 0.05) is 13.0 Å². The molecule has 108 valence electrons. The predicted octanol–water partition coefficient (Wildman–Crippen LogP) is 1.47. The topological polar surface area (TPSA) is 61.4 Å². The van der Waals surface area contributed by atoms with Gasteiger partial charge in [0.25, 0.3) is 0 Å². The van der Waals surface area contributed by atoms with Gasteiger partial charge < -0.3 is 15.7 Å². The standard InChI is InChI=1S/C13H26N2O2.ClH/c1-14-9-5-8-13(17)15-10-12(16)11-6-3-2-4-7-11;/h11-12,14,16H,2-10H2,1H3,(H,15,17);1H. The number of carbonyl (C=O) groups excluding carboxylic acids is 1. The SMILES string of the molecule is CNCCCC(=O)NCC(O)C1CCCCC1.Cl. The lowest BCUT2D eigenvalue weighted by molar-refractivity contribution is -0.121. The minimum atomic E-state index is -0.358. The Labute approximate surface area is 116 Å². The molecule has 1 fully saturated rings. The van der Waals surface area contributed by atoms with Crippen molar-refractivity contribution in [3.8, 4) is 0 Å². The summed E-state index contributed by atoms with van der Waals surface area (Å²) in [6.07, 6.45) is 6.98. The van der Waals surface area contributed by atoms with Crippen LogP contribution in [0.3, 0.4) is 0 Å². The number of nitrogens with one attached hydrogen (secondary N) is 2. The van der Waals surface area contributed by atoms with Gasteiger partial charge in [0.2, 0.25) is 5.91 Å². The summed E-state index contributed by atoms with van der Waals surface area (Å²) < 4.78 is 0. The summed E-state index contributed by atoms with van der Waals surface area (Å²) in [6.45, 7) is 1.28. The summed E-state index contributed by atoms with van der Waals surface area (Å²) in [5, 5.41) is 15.8. The summed E-state index contributed by atoms with van der Waals surface area (Å²) in [7, 11) is 1.88. The molecule has 4 nitrogen and oxygen atoms in total. The molecule has 0 aliphatic heterocycles. The molecule has 0 heterocycles. The fourth-order valence-corrected chi connectivity index (χ4v) is 2.42. The zero-order valence-electron chi connectivity index (χ0n) is 11.3. The van der Waals surface area contributed by atoms with Crippen molar-refractivity contribution >= 4 is 18.3 Å². The van der Waals surface area contributed by atoms with Gasteiger partial charge in [-0.25, -0.2) is 0 Å².